The lowest BCUT2D eigenvalue weighted by Crippen LogP contribution is -2.44. The second kappa shape index (κ2) is 42.7. The highest BCUT2D eigenvalue weighted by Gasteiger charge is 2.51. The van der Waals surface area contributed by atoms with E-state index in [-0.39, 0.29) is 108 Å². The number of carboxylic acids is 2. The highest BCUT2D eigenvalue weighted by atomic mass is 17.0. The lowest BCUT2D eigenvalue weighted by molar-refractivity contribution is -0.769. The number of carbonyl (C=O) groups is 10. The Bertz CT molecular complexity index is 2080. The molecule has 0 aromatic heterocycles. The molecule has 6 heterocycles. The maximum Gasteiger partial charge on any atom is 0.322 e. The van der Waals surface area contributed by atoms with Crippen LogP contribution in [0.1, 0.15) is 61.7 Å². The highest BCUT2D eigenvalue weighted by Crippen LogP contribution is 2.31. The number of ketones is 2. The van der Waals surface area contributed by atoms with E-state index in [1.165, 1.54) is 13.4 Å². The van der Waals surface area contributed by atoms with Gasteiger partial charge in [-0.3, -0.25) is 47.9 Å². The molecule has 0 saturated carbocycles. The zero-order valence-electron chi connectivity index (χ0n) is 46.2. The van der Waals surface area contributed by atoms with Gasteiger partial charge in [-0.1, -0.05) is 14.4 Å². The number of carbonyl (C=O) groups excluding carboxylic acids is 8. The molecule has 478 valence electrons. The van der Waals surface area contributed by atoms with Crippen LogP contribution in [0, 0.1) is 43.2 Å². The van der Waals surface area contributed by atoms with Gasteiger partial charge in [-0.15, -0.1) is 43.2 Å². The van der Waals surface area contributed by atoms with Crippen molar-refractivity contribution < 1.29 is 132 Å². The van der Waals surface area contributed by atoms with Crippen molar-refractivity contribution >= 4 is 59.1 Å². The molecule has 0 radical (unpaired) electrons. The molecule has 6 aliphatic rings. The van der Waals surface area contributed by atoms with Crippen LogP contribution in [-0.2, 0) is 100 Å². The summed E-state index contributed by atoms with van der Waals surface area (Å²) in [6.45, 7) is 2.62. The van der Waals surface area contributed by atoms with E-state index in [2.05, 4.69) is 46.8 Å². The first-order valence-electron chi connectivity index (χ1n) is 25.0. The molecule has 0 aliphatic carbocycles. The number of fused-ring (bicyclic) bond motifs is 3. The van der Waals surface area contributed by atoms with Crippen LogP contribution in [0.3, 0.4) is 0 Å². The SMILES string of the molecule is C.CC(=O)OCC(=O)NCC(=O)O.CC(=O)OCC(=O)NCC(=O)O.CCC(=O)CCC(=O)N[C@@H]1CO[C@H]2[C@@H]1OC[C@@H]2O[N+](=O)[O-].CN.N[C@@H]1CO[C@H]2[C@@H]1OC[C@@H]2O[N+](=O)[O-].O=C(CO)CCC(=O)N[C@@H]1CO[C@H]2[C@@H]1OC[C@@H]2O[N+](=O)[O-].[2H]C#C. The number of ether oxygens (including phenoxy) is 8. The Labute approximate surface area is 479 Å². The Morgan fingerprint density at radius 3 is 1.21 bits per heavy atom. The van der Waals surface area contributed by atoms with Crippen LogP contribution >= 0.6 is 0 Å². The van der Waals surface area contributed by atoms with E-state index in [1.54, 1.807) is 6.92 Å². The van der Waals surface area contributed by atoms with Crippen molar-refractivity contribution in [2.45, 2.75) is 133 Å². The molecule has 0 aromatic carbocycles. The van der Waals surface area contributed by atoms with E-state index in [1.807, 2.05) is 10.6 Å². The van der Waals surface area contributed by atoms with Gasteiger partial charge in [0.15, 0.2) is 37.3 Å². The molecule has 0 spiro atoms. The van der Waals surface area contributed by atoms with Crippen LogP contribution in [0.15, 0.2) is 0 Å². The number of nitrogens with two attached hydrogens (primary N) is 2. The third kappa shape index (κ3) is 31.4. The number of rotatable bonds is 24. The fourth-order valence-electron chi connectivity index (χ4n) is 7.38. The molecular weight excluding hydrogens is 1150 g/mol. The summed E-state index contributed by atoms with van der Waals surface area (Å²) in [5.41, 5.74) is 10.1. The first-order chi connectivity index (χ1) is 39.6. The van der Waals surface area contributed by atoms with Crippen molar-refractivity contribution in [3.8, 4) is 12.8 Å². The maximum atomic E-state index is 11.8. The number of aliphatic hydroxyl groups excluding tert-OH is 1. The minimum absolute atomic E-state index is 0. The molecule has 39 nitrogen and oxygen atoms in total. The van der Waals surface area contributed by atoms with Crippen molar-refractivity contribution in [1.29, 1.82) is 0 Å². The number of esters is 2. The predicted molar refractivity (Wildman–Crippen MR) is 273 cm³/mol. The maximum absolute atomic E-state index is 11.8. The van der Waals surface area contributed by atoms with Crippen molar-refractivity contribution in [2.75, 3.05) is 79.6 Å². The van der Waals surface area contributed by atoms with E-state index in [9.17, 15) is 78.3 Å². The van der Waals surface area contributed by atoms with Gasteiger partial charge in [0.2, 0.25) is 11.8 Å². The average Bonchev–Trinajstić information content (AvgIpc) is 3.54. The number of amides is 4. The number of aliphatic carboxylic acids is 2. The molecular formula is C45H73N9O30. The number of nitrogens with one attached hydrogen (secondary N) is 4. The highest BCUT2D eigenvalue weighted by molar-refractivity contribution is 5.86. The fourth-order valence-corrected chi connectivity index (χ4v) is 7.38. The molecule has 6 aliphatic heterocycles. The normalized spacial score (nSPS) is 24.7. The molecule has 84 heavy (non-hydrogen) atoms. The smallest absolute Gasteiger partial charge is 0.322 e. The Hall–Kier alpha value is -8.10. The summed E-state index contributed by atoms with van der Waals surface area (Å²) in [6.07, 6.45) is 1.45. The molecule has 11 N–H and O–H groups in total. The van der Waals surface area contributed by atoms with Crippen molar-refractivity contribution in [2.24, 2.45) is 11.5 Å². The van der Waals surface area contributed by atoms with Crippen LogP contribution in [0.5, 0.6) is 0 Å². The zero-order valence-corrected chi connectivity index (χ0v) is 45.2. The van der Waals surface area contributed by atoms with Crippen molar-refractivity contribution in [3.63, 3.8) is 0 Å². The first-order valence-corrected chi connectivity index (χ1v) is 24.5. The summed E-state index contributed by atoms with van der Waals surface area (Å²) in [5, 5.41) is 62.4. The van der Waals surface area contributed by atoms with Gasteiger partial charge in [0.25, 0.3) is 27.1 Å². The molecule has 0 unspecified atom stereocenters. The van der Waals surface area contributed by atoms with E-state index in [0.29, 0.717) is 13.0 Å². The molecule has 0 bridgehead atoms. The molecule has 4 amide bonds. The number of nitrogens with zero attached hydrogens (tertiary/aromatic N) is 3. The summed E-state index contributed by atoms with van der Waals surface area (Å²) in [7, 11) is 1.50. The average molecular weight is 1220 g/mol. The van der Waals surface area contributed by atoms with E-state index >= 15 is 0 Å². The van der Waals surface area contributed by atoms with Crippen LogP contribution in [0.2, 0.25) is 0 Å². The van der Waals surface area contributed by atoms with Crippen LogP contribution < -0.4 is 32.7 Å². The monoisotopic (exact) mass is 1220 g/mol. The molecule has 39 heteroatoms. The molecule has 6 rings (SSSR count). The Morgan fingerprint density at radius 1 is 0.571 bits per heavy atom. The summed E-state index contributed by atoms with van der Waals surface area (Å²) >= 11 is 0. The van der Waals surface area contributed by atoms with Gasteiger partial charge in [0, 0.05) is 46.0 Å². The summed E-state index contributed by atoms with van der Waals surface area (Å²) in [4.78, 5) is 151. The Morgan fingerprint density at radius 2 is 0.893 bits per heavy atom. The minimum Gasteiger partial charge on any atom is -0.480 e. The number of Topliss-reactive ketones (excluding diaryl/α,β-unsaturated/α-hetero) is 2. The van der Waals surface area contributed by atoms with Gasteiger partial charge >= 0.3 is 23.9 Å². The lowest BCUT2D eigenvalue weighted by Gasteiger charge is -2.17. The van der Waals surface area contributed by atoms with Gasteiger partial charge in [0.1, 0.15) is 63.5 Å². The molecule has 0 aromatic rings. The van der Waals surface area contributed by atoms with Crippen molar-refractivity contribution in [1.82, 2.24) is 21.3 Å². The molecule has 12 atom stereocenters. The van der Waals surface area contributed by atoms with Crippen LogP contribution in [-0.4, -0.2) is 242 Å². The van der Waals surface area contributed by atoms with Gasteiger partial charge in [0.05, 0.1) is 57.8 Å². The molecule has 6 saturated heterocycles. The predicted octanol–water partition coefficient (Wildman–Crippen LogP) is -5.56. The molecule has 6 fully saturated rings. The third-order valence-corrected chi connectivity index (χ3v) is 10.9. The van der Waals surface area contributed by atoms with E-state index in [4.69, 9.17) is 50.8 Å². The van der Waals surface area contributed by atoms with Crippen LogP contribution in [0.25, 0.3) is 0 Å². The topological polar surface area (TPSA) is 562 Å². The summed E-state index contributed by atoms with van der Waals surface area (Å²) in [5.74, 6) is -5.73. The number of carboxylic acid groups (broad SMARTS) is 2. The second-order valence-corrected chi connectivity index (χ2v) is 16.9. The standard InChI is InChI=1S/C12H18N2O7.C11H16N2O8.C6H10N2O5.2C6H9NO5.C2H2.CH5N.CH4/c1-2-7(15)3-4-10(16)13-8-5-19-12-9(21-14(17)18)6-20-11(8)12;14-3-6(15)1-2-9(16)12-7-4-19-11-8(21-13(17)18)5-20-10(7)11;7-3-1-11-6-4(13-8(9)10)2-12-5(3)6;2*1-4(8)12-3-5(9)7-2-6(10)11;2*1-2;/h8-9,11-12H,2-6H2,1H3,(H,13,16);7-8,10-11,14H,1-5H2,(H,12,16);3-6H,1-2,7H2;2*2-3H2,1H3,(H,7,9)(H,10,11);1-2H;2H2,1H3;1H4/t8-,9+,11-,12-;7-,8+,10-,11-;3-,4+,5-,6-;;;;;/m111...../s1/i;;;;;1D;;. The number of terminal acetylenes is 1. The second-order valence-electron chi connectivity index (χ2n) is 16.9. The van der Waals surface area contributed by atoms with E-state index in [0.717, 1.165) is 13.8 Å². The number of aliphatic hydroxyl groups is 1. The minimum atomic E-state index is -1.15. The first kappa shape index (κ1) is 75.9. The van der Waals surface area contributed by atoms with Gasteiger partial charge in [-0.2, -0.15) is 0 Å². The van der Waals surface area contributed by atoms with Gasteiger partial charge in [-0.05, 0) is 7.05 Å². The van der Waals surface area contributed by atoms with E-state index < -0.39 is 138 Å². The van der Waals surface area contributed by atoms with Crippen LogP contribution in [0.4, 0.5) is 0 Å². The van der Waals surface area contributed by atoms with Crippen molar-refractivity contribution in [3.05, 3.63) is 30.3 Å². The lowest BCUT2D eigenvalue weighted by atomic mass is 10.1. The quantitative estimate of drug-likeness (QED) is 0.0188. The Kier molecular flexibility index (Phi) is 38.6. The third-order valence-electron chi connectivity index (χ3n) is 10.9. The fraction of sp³-hybridized carbons (Fsp3) is 0.733. The summed E-state index contributed by atoms with van der Waals surface area (Å²) < 4.78 is 46.3. The van der Waals surface area contributed by atoms with Gasteiger partial charge < -0.3 is 100 Å². The largest absolute Gasteiger partial charge is 0.480 e. The van der Waals surface area contributed by atoms with Gasteiger partial charge in [-0.25, -0.2) is 0 Å². The Balaban J connectivity index is 0. The number of hydrogen-bond donors (Lipinski definition) is 9. The zero-order chi connectivity index (χ0) is 64.1. The summed E-state index contributed by atoms with van der Waals surface area (Å²) in [6, 6.07) is -1.02. The number of hydrogen-bond acceptors (Lipinski definition) is 30.